The van der Waals surface area contributed by atoms with Gasteiger partial charge in [0.1, 0.15) is 12.4 Å². The van der Waals surface area contributed by atoms with Gasteiger partial charge in [-0.25, -0.2) is 0 Å². The molecule has 0 aromatic heterocycles. The van der Waals surface area contributed by atoms with Gasteiger partial charge in [-0.2, -0.15) is 0 Å². The number of ether oxygens (including phenoxy) is 1. The largest absolute Gasteiger partial charge is 0.488 e. The maximum Gasteiger partial charge on any atom is 0.125 e. The molecule has 5 heteroatoms. The first-order valence-corrected chi connectivity index (χ1v) is 5.43. The molecule has 0 spiro atoms. The fourth-order valence-corrected chi connectivity index (χ4v) is 1.41. The van der Waals surface area contributed by atoms with Gasteiger partial charge in [0.25, 0.3) is 0 Å². The van der Waals surface area contributed by atoms with E-state index in [2.05, 4.69) is 0 Å². The number of hydrogen-bond acceptors (Lipinski definition) is 2. The van der Waals surface area contributed by atoms with E-state index in [4.69, 9.17) is 45.3 Å². The van der Waals surface area contributed by atoms with Gasteiger partial charge in [-0.3, -0.25) is 0 Å². The molecule has 0 fully saturated rings. The number of nitrogens with two attached hydrogens (primary N) is 1. The molecular formula is C10H10Cl3NO. The standard InChI is InChI=1S/C10H10Cl3NO/c11-4-7(12)6-15-10-3-1-2-9(13)8(10)5-14/h1-4H,5-6,14H2/b7-4-. The van der Waals surface area contributed by atoms with Crippen LogP contribution in [0.4, 0.5) is 0 Å². The van der Waals surface area contributed by atoms with E-state index in [-0.39, 0.29) is 6.61 Å². The number of halogens is 3. The predicted molar refractivity (Wildman–Crippen MR) is 64.6 cm³/mol. The van der Waals surface area contributed by atoms with Gasteiger partial charge in [0.15, 0.2) is 0 Å². The van der Waals surface area contributed by atoms with Gasteiger partial charge >= 0.3 is 0 Å². The summed E-state index contributed by atoms with van der Waals surface area (Å²) in [4.78, 5) is 0. The van der Waals surface area contributed by atoms with Crippen LogP contribution in [0, 0.1) is 0 Å². The van der Waals surface area contributed by atoms with Gasteiger partial charge in [0.05, 0.1) is 5.03 Å². The number of rotatable bonds is 4. The van der Waals surface area contributed by atoms with Crippen LogP contribution in [0.5, 0.6) is 5.75 Å². The Morgan fingerprint density at radius 3 is 2.80 bits per heavy atom. The lowest BCUT2D eigenvalue weighted by Crippen LogP contribution is -2.04. The third-order valence-electron chi connectivity index (χ3n) is 1.76. The second-order valence-corrected chi connectivity index (χ2v) is 3.88. The van der Waals surface area contributed by atoms with Gasteiger partial charge in [-0.05, 0) is 12.1 Å². The van der Waals surface area contributed by atoms with Crippen LogP contribution < -0.4 is 10.5 Å². The van der Waals surface area contributed by atoms with Crippen molar-refractivity contribution in [2.45, 2.75) is 6.54 Å². The van der Waals surface area contributed by atoms with Crippen molar-refractivity contribution in [1.29, 1.82) is 0 Å². The highest BCUT2D eigenvalue weighted by atomic mass is 35.5. The van der Waals surface area contributed by atoms with E-state index >= 15 is 0 Å². The molecule has 0 saturated heterocycles. The zero-order chi connectivity index (χ0) is 11.3. The van der Waals surface area contributed by atoms with Crippen LogP contribution in [0.15, 0.2) is 28.8 Å². The lowest BCUT2D eigenvalue weighted by molar-refractivity contribution is 0.355. The molecule has 2 nitrogen and oxygen atoms in total. The van der Waals surface area contributed by atoms with Crippen molar-refractivity contribution in [3.8, 4) is 5.75 Å². The van der Waals surface area contributed by atoms with Crippen LogP contribution in [-0.4, -0.2) is 6.61 Å². The molecule has 2 N–H and O–H groups in total. The summed E-state index contributed by atoms with van der Waals surface area (Å²) in [7, 11) is 0. The fraction of sp³-hybridized carbons (Fsp3) is 0.200. The van der Waals surface area contributed by atoms with Gasteiger partial charge in [-0.1, -0.05) is 40.9 Å². The molecule has 1 rings (SSSR count). The predicted octanol–water partition coefficient (Wildman–Crippen LogP) is 3.50. The maximum atomic E-state index is 5.95. The quantitative estimate of drug-likeness (QED) is 0.905. The minimum atomic E-state index is 0.207. The Labute approximate surface area is 104 Å². The molecule has 1 aromatic carbocycles. The third kappa shape index (κ3) is 3.58. The molecule has 0 aliphatic rings. The number of benzene rings is 1. The molecule has 1 aromatic rings. The van der Waals surface area contributed by atoms with Crippen LogP contribution in [0.1, 0.15) is 5.56 Å². The first-order chi connectivity index (χ1) is 7.19. The molecular weight excluding hydrogens is 256 g/mol. The molecule has 0 aliphatic carbocycles. The Morgan fingerprint density at radius 1 is 1.47 bits per heavy atom. The smallest absolute Gasteiger partial charge is 0.125 e. The molecule has 82 valence electrons. The Kier molecular flexibility index (Phi) is 5.26. The molecule has 0 saturated carbocycles. The Morgan fingerprint density at radius 2 is 2.20 bits per heavy atom. The summed E-state index contributed by atoms with van der Waals surface area (Å²) >= 11 is 17.0. The summed E-state index contributed by atoms with van der Waals surface area (Å²) in [6.45, 7) is 0.523. The van der Waals surface area contributed by atoms with Crippen LogP contribution in [-0.2, 0) is 6.54 Å². The molecule has 15 heavy (non-hydrogen) atoms. The van der Waals surface area contributed by atoms with Gasteiger partial charge in [0, 0.05) is 22.7 Å². The first kappa shape index (κ1) is 12.7. The second kappa shape index (κ2) is 6.23. The van der Waals surface area contributed by atoms with E-state index < -0.39 is 0 Å². The molecule has 0 heterocycles. The summed E-state index contributed by atoms with van der Waals surface area (Å²) in [5.74, 6) is 0.627. The molecule has 0 aliphatic heterocycles. The average Bonchev–Trinajstić information content (AvgIpc) is 2.25. The van der Waals surface area contributed by atoms with Crippen LogP contribution in [0.3, 0.4) is 0 Å². The minimum Gasteiger partial charge on any atom is -0.488 e. The highest BCUT2D eigenvalue weighted by molar-refractivity contribution is 6.36. The van der Waals surface area contributed by atoms with E-state index in [0.29, 0.717) is 22.3 Å². The Hall–Kier alpha value is -0.410. The summed E-state index contributed by atoms with van der Waals surface area (Å²) < 4.78 is 5.41. The normalized spacial score (nSPS) is 11.6. The monoisotopic (exact) mass is 265 g/mol. The summed E-state index contributed by atoms with van der Waals surface area (Å²) in [5.41, 5.74) is 7.57. The third-order valence-corrected chi connectivity index (χ3v) is 2.71. The van der Waals surface area contributed by atoms with E-state index in [0.717, 1.165) is 5.56 Å². The van der Waals surface area contributed by atoms with Gasteiger partial charge in [-0.15, -0.1) is 0 Å². The summed E-state index contributed by atoms with van der Waals surface area (Å²) in [5, 5.41) is 1.00. The van der Waals surface area contributed by atoms with Crippen molar-refractivity contribution < 1.29 is 4.74 Å². The Bertz CT molecular complexity index is 366. The van der Waals surface area contributed by atoms with Gasteiger partial charge in [0.2, 0.25) is 0 Å². The fourth-order valence-electron chi connectivity index (χ4n) is 1.05. The van der Waals surface area contributed by atoms with Crippen molar-refractivity contribution in [3.63, 3.8) is 0 Å². The van der Waals surface area contributed by atoms with Gasteiger partial charge < -0.3 is 10.5 Å². The molecule has 0 bridgehead atoms. The zero-order valence-electron chi connectivity index (χ0n) is 7.84. The van der Waals surface area contributed by atoms with E-state index in [1.165, 1.54) is 5.54 Å². The van der Waals surface area contributed by atoms with Crippen LogP contribution in [0.2, 0.25) is 5.02 Å². The van der Waals surface area contributed by atoms with Crippen LogP contribution >= 0.6 is 34.8 Å². The lowest BCUT2D eigenvalue weighted by Gasteiger charge is -2.10. The highest BCUT2D eigenvalue weighted by Crippen LogP contribution is 2.26. The number of hydrogen-bond donors (Lipinski definition) is 1. The maximum absolute atomic E-state index is 5.95. The van der Waals surface area contributed by atoms with E-state index in [9.17, 15) is 0 Å². The van der Waals surface area contributed by atoms with Crippen molar-refractivity contribution in [2.24, 2.45) is 5.73 Å². The van der Waals surface area contributed by atoms with E-state index in [1.807, 2.05) is 0 Å². The summed E-state index contributed by atoms with van der Waals surface area (Å²) in [6, 6.07) is 5.33. The molecule has 0 radical (unpaired) electrons. The van der Waals surface area contributed by atoms with Crippen molar-refractivity contribution in [2.75, 3.05) is 6.61 Å². The lowest BCUT2D eigenvalue weighted by atomic mass is 10.2. The van der Waals surface area contributed by atoms with E-state index in [1.54, 1.807) is 18.2 Å². The Balaban J connectivity index is 2.80. The van der Waals surface area contributed by atoms with Crippen LogP contribution in [0.25, 0.3) is 0 Å². The molecule has 0 amide bonds. The average molecular weight is 267 g/mol. The zero-order valence-corrected chi connectivity index (χ0v) is 10.1. The van der Waals surface area contributed by atoms with Crippen molar-refractivity contribution in [3.05, 3.63) is 39.4 Å². The van der Waals surface area contributed by atoms with Crippen molar-refractivity contribution in [1.82, 2.24) is 0 Å². The molecule has 0 unspecified atom stereocenters. The van der Waals surface area contributed by atoms with Crippen molar-refractivity contribution >= 4 is 34.8 Å². The highest BCUT2D eigenvalue weighted by Gasteiger charge is 2.06. The summed E-state index contributed by atoms with van der Waals surface area (Å²) in [6.07, 6.45) is 0. The molecule has 0 atom stereocenters. The minimum absolute atomic E-state index is 0.207. The topological polar surface area (TPSA) is 35.2 Å². The first-order valence-electron chi connectivity index (χ1n) is 4.24. The second-order valence-electron chi connectivity index (χ2n) is 2.77. The SMILES string of the molecule is NCc1c(Cl)cccc1OC/C(Cl)=C/Cl.